The van der Waals surface area contributed by atoms with Gasteiger partial charge in [0.15, 0.2) is 0 Å². The highest BCUT2D eigenvalue weighted by molar-refractivity contribution is 9.10. The summed E-state index contributed by atoms with van der Waals surface area (Å²) in [5.41, 5.74) is 0.423. The van der Waals surface area contributed by atoms with E-state index in [1.807, 2.05) is 0 Å². The summed E-state index contributed by atoms with van der Waals surface area (Å²) in [6, 6.07) is 5.99. The SMILES string of the molecule is O=C(O)c1ccnn1Cc1ccc(Br)cc1F. The van der Waals surface area contributed by atoms with Gasteiger partial charge in [-0.05, 0) is 18.2 Å². The van der Waals surface area contributed by atoms with Crippen LogP contribution >= 0.6 is 15.9 Å². The van der Waals surface area contributed by atoms with E-state index < -0.39 is 11.8 Å². The fourth-order valence-electron chi connectivity index (χ4n) is 1.45. The van der Waals surface area contributed by atoms with Crippen molar-refractivity contribution in [3.8, 4) is 0 Å². The normalized spacial score (nSPS) is 10.5. The predicted octanol–water partition coefficient (Wildman–Crippen LogP) is 2.53. The van der Waals surface area contributed by atoms with E-state index in [-0.39, 0.29) is 12.2 Å². The van der Waals surface area contributed by atoms with Gasteiger partial charge in [0.1, 0.15) is 11.5 Å². The molecule has 0 saturated heterocycles. The minimum atomic E-state index is -1.08. The summed E-state index contributed by atoms with van der Waals surface area (Å²) in [7, 11) is 0. The molecular weight excluding hydrogens is 291 g/mol. The highest BCUT2D eigenvalue weighted by Crippen LogP contribution is 2.16. The Hall–Kier alpha value is -1.69. The molecule has 88 valence electrons. The first-order valence-corrected chi connectivity index (χ1v) is 5.56. The summed E-state index contributed by atoms with van der Waals surface area (Å²) in [5.74, 6) is -1.48. The van der Waals surface area contributed by atoms with Crippen LogP contribution in [0.25, 0.3) is 0 Å². The molecular formula is C11H8BrFN2O2. The molecule has 0 saturated carbocycles. The molecule has 1 heterocycles. The van der Waals surface area contributed by atoms with Crippen molar-refractivity contribution in [2.75, 3.05) is 0 Å². The van der Waals surface area contributed by atoms with Crippen LogP contribution in [0.1, 0.15) is 16.1 Å². The van der Waals surface area contributed by atoms with Gasteiger partial charge in [0.05, 0.1) is 6.54 Å². The lowest BCUT2D eigenvalue weighted by atomic mass is 10.2. The zero-order valence-corrected chi connectivity index (χ0v) is 10.2. The molecule has 4 nitrogen and oxygen atoms in total. The standard InChI is InChI=1S/C11H8BrFN2O2/c12-8-2-1-7(9(13)5-8)6-15-10(11(16)17)3-4-14-15/h1-5H,6H2,(H,16,17). The van der Waals surface area contributed by atoms with Gasteiger partial charge in [-0.25, -0.2) is 9.18 Å². The van der Waals surface area contributed by atoms with E-state index in [0.29, 0.717) is 10.0 Å². The van der Waals surface area contributed by atoms with Crippen LogP contribution in [-0.4, -0.2) is 20.9 Å². The molecule has 6 heteroatoms. The highest BCUT2D eigenvalue weighted by atomic mass is 79.9. The van der Waals surface area contributed by atoms with Crippen molar-refractivity contribution in [1.29, 1.82) is 0 Å². The molecule has 0 spiro atoms. The Balaban J connectivity index is 2.31. The third-order valence-corrected chi connectivity index (χ3v) is 2.76. The number of aromatic carboxylic acids is 1. The van der Waals surface area contributed by atoms with E-state index in [0.717, 1.165) is 0 Å². The van der Waals surface area contributed by atoms with Crippen LogP contribution in [0.5, 0.6) is 0 Å². The predicted molar refractivity (Wildman–Crippen MR) is 62.4 cm³/mol. The van der Waals surface area contributed by atoms with Crippen LogP contribution in [-0.2, 0) is 6.54 Å². The van der Waals surface area contributed by atoms with Crippen LogP contribution in [0.15, 0.2) is 34.9 Å². The molecule has 0 bridgehead atoms. The third kappa shape index (κ3) is 2.52. The molecule has 0 aliphatic heterocycles. The van der Waals surface area contributed by atoms with E-state index in [4.69, 9.17) is 5.11 Å². The fourth-order valence-corrected chi connectivity index (χ4v) is 1.78. The first kappa shape index (κ1) is 11.8. The van der Waals surface area contributed by atoms with Gasteiger partial charge in [0.25, 0.3) is 0 Å². The average Bonchev–Trinajstić information content (AvgIpc) is 2.70. The van der Waals surface area contributed by atoms with E-state index in [9.17, 15) is 9.18 Å². The Bertz CT molecular complexity index is 568. The summed E-state index contributed by atoms with van der Waals surface area (Å²) < 4.78 is 15.4. The van der Waals surface area contributed by atoms with Crippen molar-refractivity contribution in [2.24, 2.45) is 0 Å². The summed E-state index contributed by atoms with van der Waals surface area (Å²) >= 11 is 3.16. The van der Waals surface area contributed by atoms with Crippen LogP contribution in [0.4, 0.5) is 4.39 Å². The number of carboxylic acids is 1. The second-order valence-electron chi connectivity index (χ2n) is 3.41. The third-order valence-electron chi connectivity index (χ3n) is 2.27. The Kier molecular flexibility index (Phi) is 3.23. The van der Waals surface area contributed by atoms with Gasteiger partial charge < -0.3 is 5.11 Å². The lowest BCUT2D eigenvalue weighted by Crippen LogP contribution is -2.11. The van der Waals surface area contributed by atoms with E-state index in [2.05, 4.69) is 21.0 Å². The number of halogens is 2. The maximum Gasteiger partial charge on any atom is 0.354 e. The summed E-state index contributed by atoms with van der Waals surface area (Å²) in [6.45, 7) is 0.0910. The number of carbonyl (C=O) groups is 1. The van der Waals surface area contributed by atoms with Crippen LogP contribution in [0, 0.1) is 5.82 Å². The zero-order valence-electron chi connectivity index (χ0n) is 8.60. The first-order chi connectivity index (χ1) is 8.08. The number of hydrogen-bond acceptors (Lipinski definition) is 2. The fraction of sp³-hybridized carbons (Fsp3) is 0.0909. The quantitative estimate of drug-likeness (QED) is 0.947. The summed E-state index contributed by atoms with van der Waals surface area (Å²) in [5, 5.41) is 12.7. The van der Waals surface area contributed by atoms with Crippen LogP contribution < -0.4 is 0 Å². The minimum absolute atomic E-state index is 0.0346. The van der Waals surface area contributed by atoms with Gasteiger partial charge in [0, 0.05) is 16.2 Å². The second-order valence-corrected chi connectivity index (χ2v) is 4.33. The number of hydrogen-bond donors (Lipinski definition) is 1. The van der Waals surface area contributed by atoms with E-state index >= 15 is 0 Å². The van der Waals surface area contributed by atoms with E-state index in [1.165, 1.54) is 23.0 Å². The molecule has 1 N–H and O–H groups in total. The highest BCUT2D eigenvalue weighted by Gasteiger charge is 2.12. The lowest BCUT2D eigenvalue weighted by molar-refractivity contribution is 0.0684. The van der Waals surface area contributed by atoms with Gasteiger partial charge in [-0.1, -0.05) is 22.0 Å². The van der Waals surface area contributed by atoms with Gasteiger partial charge >= 0.3 is 5.97 Å². The summed E-state index contributed by atoms with van der Waals surface area (Å²) in [6.07, 6.45) is 1.38. The van der Waals surface area contributed by atoms with Gasteiger partial charge in [-0.3, -0.25) is 4.68 Å². The maximum absolute atomic E-state index is 13.6. The van der Waals surface area contributed by atoms with Crippen LogP contribution in [0.3, 0.4) is 0 Å². The Morgan fingerprint density at radius 2 is 2.24 bits per heavy atom. The zero-order chi connectivity index (χ0) is 12.4. The number of rotatable bonds is 3. The smallest absolute Gasteiger partial charge is 0.354 e. The van der Waals surface area contributed by atoms with Crippen molar-refractivity contribution in [1.82, 2.24) is 9.78 Å². The molecule has 0 amide bonds. The number of nitrogens with zero attached hydrogens (tertiary/aromatic N) is 2. The molecule has 2 rings (SSSR count). The van der Waals surface area contributed by atoms with Crippen molar-refractivity contribution in [3.05, 3.63) is 52.0 Å². The molecule has 0 atom stereocenters. The van der Waals surface area contributed by atoms with Crippen molar-refractivity contribution < 1.29 is 14.3 Å². The van der Waals surface area contributed by atoms with Crippen molar-refractivity contribution in [2.45, 2.75) is 6.54 Å². The molecule has 0 unspecified atom stereocenters. The molecule has 0 aliphatic carbocycles. The first-order valence-electron chi connectivity index (χ1n) is 4.77. The second kappa shape index (κ2) is 4.67. The van der Waals surface area contributed by atoms with Gasteiger partial charge in [-0.2, -0.15) is 5.10 Å². The van der Waals surface area contributed by atoms with Gasteiger partial charge in [-0.15, -0.1) is 0 Å². The average molecular weight is 299 g/mol. The molecule has 1 aromatic carbocycles. The van der Waals surface area contributed by atoms with Gasteiger partial charge in [0.2, 0.25) is 0 Å². The molecule has 1 aromatic heterocycles. The monoisotopic (exact) mass is 298 g/mol. The molecule has 2 aromatic rings. The molecule has 0 aliphatic rings. The minimum Gasteiger partial charge on any atom is -0.477 e. The van der Waals surface area contributed by atoms with Crippen LogP contribution in [0.2, 0.25) is 0 Å². The summed E-state index contributed by atoms with van der Waals surface area (Å²) in [4.78, 5) is 10.9. The number of carboxylic acid groups (broad SMARTS) is 1. The van der Waals surface area contributed by atoms with Crippen molar-refractivity contribution in [3.63, 3.8) is 0 Å². The molecule has 17 heavy (non-hydrogen) atoms. The van der Waals surface area contributed by atoms with E-state index in [1.54, 1.807) is 12.1 Å². The Labute approximate surface area is 105 Å². The van der Waals surface area contributed by atoms with Crippen molar-refractivity contribution >= 4 is 21.9 Å². The topological polar surface area (TPSA) is 55.1 Å². The maximum atomic E-state index is 13.6. The molecule has 0 radical (unpaired) electrons. The number of aromatic nitrogens is 2. The number of benzene rings is 1. The Morgan fingerprint density at radius 3 is 2.88 bits per heavy atom. The molecule has 0 fully saturated rings. The lowest BCUT2D eigenvalue weighted by Gasteiger charge is -2.06. The Morgan fingerprint density at radius 1 is 1.47 bits per heavy atom. The largest absolute Gasteiger partial charge is 0.477 e.